The van der Waals surface area contributed by atoms with E-state index in [0.29, 0.717) is 35.8 Å². The quantitative estimate of drug-likeness (QED) is 0.267. The first-order chi connectivity index (χ1) is 15.5. The molecule has 0 saturated heterocycles. The van der Waals surface area contributed by atoms with Gasteiger partial charge in [0.1, 0.15) is 5.56 Å². The minimum atomic E-state index is -0.862. The Morgan fingerprint density at radius 2 is 2.00 bits per heavy atom. The molecule has 182 valence electrons. The predicted molar refractivity (Wildman–Crippen MR) is 124 cm³/mol. The molecule has 4 saturated carbocycles. The third-order valence-electron chi connectivity index (χ3n) is 7.44. The number of ether oxygens (including phenoxy) is 1. The van der Waals surface area contributed by atoms with Crippen molar-refractivity contribution in [1.82, 2.24) is 20.5 Å². The molecule has 2 amide bonds. The van der Waals surface area contributed by atoms with Crippen molar-refractivity contribution in [1.29, 1.82) is 0 Å². The number of nitrogens with zero attached hydrogens (tertiary/aromatic N) is 2. The van der Waals surface area contributed by atoms with Gasteiger partial charge < -0.3 is 15.2 Å². The summed E-state index contributed by atoms with van der Waals surface area (Å²) in [5.74, 6) is 6.55. The first-order valence-electron chi connectivity index (χ1n) is 12.0. The summed E-state index contributed by atoms with van der Waals surface area (Å²) >= 11 is 0. The molecule has 0 radical (unpaired) electrons. The largest absolute Gasteiger partial charge is 0.477 e. The van der Waals surface area contributed by atoms with Crippen LogP contribution in [-0.4, -0.2) is 45.0 Å². The molecule has 4 fully saturated rings. The van der Waals surface area contributed by atoms with Crippen molar-refractivity contribution in [3.63, 3.8) is 0 Å². The monoisotopic (exact) mass is 459 g/mol. The molecule has 1 aromatic rings. The minimum absolute atomic E-state index is 0.0679. The number of hydrazine groups is 1. The van der Waals surface area contributed by atoms with Crippen LogP contribution in [0.4, 0.5) is 0 Å². The zero-order chi connectivity index (χ0) is 24.0. The molecule has 5 rings (SSSR count). The summed E-state index contributed by atoms with van der Waals surface area (Å²) < 4.78 is 7.48. The molecule has 33 heavy (non-hydrogen) atoms. The first-order valence-corrected chi connectivity index (χ1v) is 12.0. The van der Waals surface area contributed by atoms with E-state index in [1.54, 1.807) is 26.1 Å². The van der Waals surface area contributed by atoms with Crippen LogP contribution < -0.4 is 21.3 Å². The predicted octanol–water partition coefficient (Wildman–Crippen LogP) is 2.07. The molecule has 0 aliphatic heterocycles. The van der Waals surface area contributed by atoms with Gasteiger partial charge in [0.2, 0.25) is 11.8 Å². The highest BCUT2D eigenvalue weighted by Crippen LogP contribution is 2.55. The maximum Gasteiger partial charge on any atom is 0.258 e. The van der Waals surface area contributed by atoms with Crippen LogP contribution in [0.2, 0.25) is 0 Å². The average Bonchev–Trinajstić information content (AvgIpc) is 3.14. The van der Waals surface area contributed by atoms with Crippen molar-refractivity contribution >= 4 is 18.0 Å². The second-order valence-electron chi connectivity index (χ2n) is 11.2. The number of aliphatic hydroxyl groups is 1. The van der Waals surface area contributed by atoms with Gasteiger partial charge in [0.05, 0.1) is 23.8 Å². The number of hydrogen-bond acceptors (Lipinski definition) is 6. The van der Waals surface area contributed by atoms with Gasteiger partial charge in [-0.25, -0.2) is 10.5 Å². The van der Waals surface area contributed by atoms with Gasteiger partial charge in [0.15, 0.2) is 0 Å². The lowest BCUT2D eigenvalue weighted by Crippen LogP contribution is -2.61. The molecule has 4 aliphatic rings. The van der Waals surface area contributed by atoms with Gasteiger partial charge in [-0.2, -0.15) is 5.10 Å². The summed E-state index contributed by atoms with van der Waals surface area (Å²) in [7, 11) is 0. The normalized spacial score (nSPS) is 30.8. The fourth-order valence-corrected chi connectivity index (χ4v) is 5.97. The van der Waals surface area contributed by atoms with Crippen LogP contribution in [-0.2, 0) is 4.79 Å². The van der Waals surface area contributed by atoms with E-state index in [1.807, 2.05) is 13.8 Å². The Bertz CT molecular complexity index is 921. The Morgan fingerprint density at radius 1 is 1.33 bits per heavy atom. The van der Waals surface area contributed by atoms with E-state index < -0.39 is 11.0 Å². The van der Waals surface area contributed by atoms with Crippen LogP contribution in [0.1, 0.15) is 70.2 Å². The smallest absolute Gasteiger partial charge is 0.258 e. The molecular weight excluding hydrogens is 422 g/mol. The van der Waals surface area contributed by atoms with Crippen LogP contribution in [0.15, 0.2) is 12.3 Å². The fraction of sp³-hybridized carbons (Fsp3) is 0.708. The zero-order valence-corrected chi connectivity index (χ0v) is 20.0. The first kappa shape index (κ1) is 23.8. The summed E-state index contributed by atoms with van der Waals surface area (Å²) in [6, 6.07) is 0.0679. The average molecular weight is 460 g/mol. The fourth-order valence-electron chi connectivity index (χ4n) is 5.97. The molecule has 2 unspecified atom stereocenters. The van der Waals surface area contributed by atoms with Crippen molar-refractivity contribution in [3.8, 4) is 5.88 Å². The standard InChI is InChI=1S/C24H37N5O4/c1-14(2)13-33-21-18(12-26-29(21)6-5-23(3,4)22(31)28-25)20(30)27-19-16-7-15-8-17(19)11-24(32,9-15)10-16/h5-6,12,14-17,19,32H,7-11,13,25H2,1-4H3,(H,27,30)(H,28,31). The number of carbonyl (C=O) groups is 2. The summed E-state index contributed by atoms with van der Waals surface area (Å²) in [5, 5.41) is 18.4. The number of aromatic nitrogens is 2. The maximum atomic E-state index is 13.3. The van der Waals surface area contributed by atoms with Gasteiger partial charge >= 0.3 is 0 Å². The van der Waals surface area contributed by atoms with Crippen LogP contribution >= 0.6 is 0 Å². The van der Waals surface area contributed by atoms with E-state index in [1.165, 1.54) is 10.9 Å². The third-order valence-corrected chi connectivity index (χ3v) is 7.44. The Morgan fingerprint density at radius 3 is 2.58 bits per heavy atom. The zero-order valence-electron chi connectivity index (χ0n) is 20.0. The number of hydrogen-bond donors (Lipinski definition) is 4. The highest BCUT2D eigenvalue weighted by atomic mass is 16.5. The number of carbonyl (C=O) groups excluding carboxylic acids is 2. The summed E-state index contributed by atoms with van der Waals surface area (Å²) in [4.78, 5) is 25.3. The molecule has 4 bridgehead atoms. The van der Waals surface area contributed by atoms with Gasteiger partial charge in [-0.3, -0.25) is 15.0 Å². The second kappa shape index (κ2) is 8.76. The second-order valence-corrected chi connectivity index (χ2v) is 11.2. The molecular formula is C24H37N5O4. The maximum absolute atomic E-state index is 13.3. The van der Waals surface area contributed by atoms with Crippen molar-refractivity contribution in [2.24, 2.45) is 34.9 Å². The molecule has 2 atom stereocenters. The molecule has 4 aliphatic carbocycles. The lowest BCUT2D eigenvalue weighted by Gasteiger charge is -2.58. The highest BCUT2D eigenvalue weighted by Gasteiger charge is 2.55. The molecule has 5 N–H and O–H groups in total. The van der Waals surface area contributed by atoms with Crippen molar-refractivity contribution in [2.75, 3.05) is 6.61 Å². The Balaban J connectivity index is 1.54. The van der Waals surface area contributed by atoms with E-state index >= 15 is 0 Å². The van der Waals surface area contributed by atoms with E-state index in [2.05, 4.69) is 15.8 Å². The number of nitrogens with one attached hydrogen (secondary N) is 2. The molecule has 1 heterocycles. The Hall–Kier alpha value is -2.39. The number of rotatable bonds is 8. The van der Waals surface area contributed by atoms with Crippen molar-refractivity contribution < 1.29 is 19.4 Å². The molecule has 0 spiro atoms. The lowest BCUT2D eigenvalue weighted by atomic mass is 9.52. The Kier molecular flexibility index (Phi) is 6.30. The van der Waals surface area contributed by atoms with Crippen LogP contribution in [0.25, 0.3) is 6.20 Å². The van der Waals surface area contributed by atoms with Gasteiger partial charge in [0.25, 0.3) is 5.91 Å². The number of nitrogens with two attached hydrogens (primary N) is 1. The van der Waals surface area contributed by atoms with Crippen LogP contribution in [0, 0.1) is 29.1 Å². The summed E-state index contributed by atoms with van der Waals surface area (Å²) in [6.07, 6.45) is 9.39. The lowest BCUT2D eigenvalue weighted by molar-refractivity contribution is -0.137. The topological polar surface area (TPSA) is 132 Å². The summed E-state index contributed by atoms with van der Waals surface area (Å²) in [5.41, 5.74) is 1.13. The van der Waals surface area contributed by atoms with Crippen LogP contribution in [0.5, 0.6) is 5.88 Å². The third kappa shape index (κ3) is 4.80. The van der Waals surface area contributed by atoms with E-state index in [-0.39, 0.29) is 23.8 Å². The molecule has 0 aromatic carbocycles. The number of amides is 2. The van der Waals surface area contributed by atoms with Crippen LogP contribution in [0.3, 0.4) is 0 Å². The van der Waals surface area contributed by atoms with E-state index in [9.17, 15) is 14.7 Å². The van der Waals surface area contributed by atoms with Gasteiger partial charge in [-0.05, 0) is 69.6 Å². The summed E-state index contributed by atoms with van der Waals surface area (Å²) in [6.45, 7) is 7.96. The highest BCUT2D eigenvalue weighted by molar-refractivity contribution is 5.96. The van der Waals surface area contributed by atoms with Gasteiger partial charge in [0, 0.05) is 12.2 Å². The van der Waals surface area contributed by atoms with Gasteiger partial charge in [-0.1, -0.05) is 19.9 Å². The van der Waals surface area contributed by atoms with Crippen molar-refractivity contribution in [3.05, 3.63) is 17.8 Å². The van der Waals surface area contributed by atoms with Gasteiger partial charge in [-0.15, -0.1) is 0 Å². The molecule has 9 nitrogen and oxygen atoms in total. The molecule has 1 aromatic heterocycles. The minimum Gasteiger partial charge on any atom is -0.477 e. The van der Waals surface area contributed by atoms with E-state index in [0.717, 1.165) is 32.1 Å². The van der Waals surface area contributed by atoms with E-state index in [4.69, 9.17) is 10.6 Å². The van der Waals surface area contributed by atoms with Crippen molar-refractivity contribution in [2.45, 2.75) is 71.4 Å². The SMILES string of the molecule is CC(C)COc1c(C(=O)NC2C3CC4CC2CC(O)(C4)C3)cnn1C=CC(C)(C)C(=O)NN. The molecule has 9 heteroatoms. The Labute approximate surface area is 195 Å².